The molecule has 0 N–H and O–H groups in total. The van der Waals surface area contributed by atoms with Crippen LogP contribution in [0.2, 0.25) is 0 Å². The van der Waals surface area contributed by atoms with Gasteiger partial charge in [-0.2, -0.15) is 0 Å². The Morgan fingerprint density at radius 2 is 1.75 bits per heavy atom. The van der Waals surface area contributed by atoms with Crippen LogP contribution in [0.5, 0.6) is 11.5 Å². The number of hydrogen-bond donors (Lipinski definition) is 0. The van der Waals surface area contributed by atoms with Gasteiger partial charge in [0.2, 0.25) is 6.10 Å². The number of carbonyl (C=O) groups excluding carboxylic acids is 2. The molecule has 1 fully saturated rings. The number of carbonyl (C=O) groups is 2. The van der Waals surface area contributed by atoms with Crippen molar-refractivity contribution in [2.45, 2.75) is 13.0 Å². The van der Waals surface area contributed by atoms with Gasteiger partial charge < -0.3 is 19.3 Å². The molecule has 1 atom stereocenters. The summed E-state index contributed by atoms with van der Waals surface area (Å²) in [5.74, 6) is 0.492. The predicted molar refractivity (Wildman–Crippen MR) is 102 cm³/mol. The van der Waals surface area contributed by atoms with Crippen LogP contribution in [0.25, 0.3) is 0 Å². The maximum atomic E-state index is 14.4. The third-order valence-electron chi connectivity index (χ3n) is 5.07. The molecular formula is C21H21FN2O4. The molecule has 2 aliphatic heterocycles. The minimum Gasteiger partial charge on any atom is -0.485 e. The molecule has 2 heterocycles. The van der Waals surface area contributed by atoms with E-state index in [1.807, 2.05) is 17.0 Å². The summed E-state index contributed by atoms with van der Waals surface area (Å²) in [4.78, 5) is 27.8. The van der Waals surface area contributed by atoms with Crippen molar-refractivity contribution in [2.24, 2.45) is 0 Å². The Balaban J connectivity index is 1.38. The molecule has 0 bridgehead atoms. The molecule has 28 heavy (non-hydrogen) atoms. The number of benzene rings is 2. The fourth-order valence-corrected chi connectivity index (χ4v) is 3.49. The first kappa shape index (κ1) is 18.3. The van der Waals surface area contributed by atoms with Crippen molar-refractivity contribution in [3.05, 3.63) is 53.8 Å². The molecule has 4 rings (SSSR count). The number of ketones is 1. The van der Waals surface area contributed by atoms with Crippen molar-refractivity contribution in [2.75, 3.05) is 37.7 Å². The third kappa shape index (κ3) is 3.52. The topological polar surface area (TPSA) is 59.1 Å². The lowest BCUT2D eigenvalue weighted by atomic mass is 10.1. The smallest absolute Gasteiger partial charge is 0.267 e. The highest BCUT2D eigenvalue weighted by Crippen LogP contribution is 2.31. The van der Waals surface area contributed by atoms with Gasteiger partial charge in [-0.1, -0.05) is 12.1 Å². The number of hydrogen-bond acceptors (Lipinski definition) is 5. The van der Waals surface area contributed by atoms with E-state index >= 15 is 0 Å². The number of halogens is 1. The van der Waals surface area contributed by atoms with Crippen molar-refractivity contribution >= 4 is 17.4 Å². The van der Waals surface area contributed by atoms with Crippen LogP contribution in [0.15, 0.2) is 42.5 Å². The first-order valence-corrected chi connectivity index (χ1v) is 9.25. The van der Waals surface area contributed by atoms with Crippen molar-refractivity contribution in [1.29, 1.82) is 0 Å². The van der Waals surface area contributed by atoms with E-state index < -0.39 is 11.9 Å². The van der Waals surface area contributed by atoms with Gasteiger partial charge in [-0.3, -0.25) is 9.59 Å². The number of Topliss-reactive ketones (excluding diaryl/α,β-unsaturated/α-hetero) is 1. The van der Waals surface area contributed by atoms with E-state index in [0.717, 1.165) is 0 Å². The Morgan fingerprint density at radius 3 is 2.43 bits per heavy atom. The summed E-state index contributed by atoms with van der Waals surface area (Å²) in [7, 11) is 0. The lowest BCUT2D eigenvalue weighted by Crippen LogP contribution is -2.54. The number of rotatable bonds is 3. The zero-order valence-electron chi connectivity index (χ0n) is 15.6. The predicted octanol–water partition coefficient (Wildman–Crippen LogP) is 2.52. The van der Waals surface area contributed by atoms with Crippen molar-refractivity contribution in [3.63, 3.8) is 0 Å². The molecule has 2 aliphatic rings. The number of fused-ring (bicyclic) bond motifs is 1. The van der Waals surface area contributed by atoms with Gasteiger partial charge in [-0.15, -0.1) is 0 Å². The van der Waals surface area contributed by atoms with Gasteiger partial charge in [0.05, 0.1) is 5.69 Å². The fraction of sp³-hybridized carbons (Fsp3) is 0.333. The normalized spacial score (nSPS) is 18.7. The van der Waals surface area contributed by atoms with Crippen molar-refractivity contribution < 1.29 is 23.5 Å². The Hall–Kier alpha value is -3.09. The highest BCUT2D eigenvalue weighted by Gasteiger charge is 2.33. The van der Waals surface area contributed by atoms with Gasteiger partial charge in [0.15, 0.2) is 17.3 Å². The monoisotopic (exact) mass is 384 g/mol. The standard InChI is InChI=1S/C21H21FN2O4/c1-14(25)15-6-7-17(16(22)12-15)23-8-10-24(11-9-23)21(26)20-13-27-18-4-2-3-5-19(18)28-20/h2-7,12,20H,8-11,13H2,1H3/t20-/m0/s1. The molecule has 7 heteroatoms. The van der Waals surface area contributed by atoms with E-state index in [2.05, 4.69) is 0 Å². The first-order chi connectivity index (χ1) is 13.5. The molecule has 146 valence electrons. The van der Waals surface area contributed by atoms with E-state index in [1.165, 1.54) is 13.0 Å². The SMILES string of the molecule is CC(=O)c1ccc(N2CCN(C(=O)[C@@H]3COc4ccccc4O3)CC2)c(F)c1. The molecule has 2 aromatic rings. The second-order valence-electron chi connectivity index (χ2n) is 6.90. The maximum absolute atomic E-state index is 14.4. The first-order valence-electron chi connectivity index (χ1n) is 9.25. The summed E-state index contributed by atoms with van der Waals surface area (Å²) >= 11 is 0. The van der Waals surface area contributed by atoms with E-state index in [1.54, 1.807) is 29.2 Å². The molecule has 0 saturated carbocycles. The molecule has 0 spiro atoms. The minimum absolute atomic E-state index is 0.124. The van der Waals surface area contributed by atoms with Gasteiger partial charge in [0, 0.05) is 31.7 Å². The number of piperazine rings is 1. The van der Waals surface area contributed by atoms with E-state index in [4.69, 9.17) is 9.47 Å². The minimum atomic E-state index is -0.673. The average molecular weight is 384 g/mol. The van der Waals surface area contributed by atoms with Crippen LogP contribution in [0, 0.1) is 5.82 Å². The summed E-state index contributed by atoms with van der Waals surface area (Å²) in [6.45, 7) is 3.53. The van der Waals surface area contributed by atoms with E-state index in [9.17, 15) is 14.0 Å². The van der Waals surface area contributed by atoms with Gasteiger partial charge in [0.1, 0.15) is 12.4 Å². The Labute approximate surface area is 162 Å². The second-order valence-corrected chi connectivity index (χ2v) is 6.90. The summed E-state index contributed by atoms with van der Waals surface area (Å²) in [6, 6.07) is 11.8. The van der Waals surface area contributed by atoms with Crippen LogP contribution in [-0.4, -0.2) is 55.5 Å². The zero-order valence-corrected chi connectivity index (χ0v) is 15.6. The number of nitrogens with zero attached hydrogens (tertiary/aromatic N) is 2. The molecule has 1 amide bonds. The molecule has 0 aliphatic carbocycles. The highest BCUT2D eigenvalue weighted by molar-refractivity contribution is 5.94. The van der Waals surface area contributed by atoms with Crippen LogP contribution in [0.4, 0.5) is 10.1 Å². The molecular weight excluding hydrogens is 363 g/mol. The van der Waals surface area contributed by atoms with E-state index in [0.29, 0.717) is 48.9 Å². The number of ether oxygens (including phenoxy) is 2. The quantitative estimate of drug-likeness (QED) is 0.761. The maximum Gasteiger partial charge on any atom is 0.267 e. The van der Waals surface area contributed by atoms with Gasteiger partial charge in [-0.25, -0.2) is 4.39 Å². The van der Waals surface area contributed by atoms with Crippen LogP contribution in [0.3, 0.4) is 0 Å². The summed E-state index contributed by atoms with van der Waals surface area (Å²) in [6.07, 6.45) is -0.673. The Bertz CT molecular complexity index is 909. The molecule has 1 saturated heterocycles. The van der Waals surface area contributed by atoms with Crippen LogP contribution in [-0.2, 0) is 4.79 Å². The van der Waals surface area contributed by atoms with Crippen LogP contribution < -0.4 is 14.4 Å². The number of amides is 1. The Morgan fingerprint density at radius 1 is 1.04 bits per heavy atom. The molecule has 2 aromatic carbocycles. The molecule has 0 radical (unpaired) electrons. The van der Waals surface area contributed by atoms with Crippen LogP contribution >= 0.6 is 0 Å². The van der Waals surface area contributed by atoms with Crippen molar-refractivity contribution in [1.82, 2.24) is 4.90 Å². The van der Waals surface area contributed by atoms with Gasteiger partial charge in [-0.05, 0) is 37.3 Å². The molecule has 0 unspecified atom stereocenters. The van der Waals surface area contributed by atoms with Gasteiger partial charge in [0.25, 0.3) is 5.91 Å². The largest absolute Gasteiger partial charge is 0.485 e. The fourth-order valence-electron chi connectivity index (χ4n) is 3.49. The Kier molecular flexibility index (Phi) is 4.90. The summed E-state index contributed by atoms with van der Waals surface area (Å²) in [5.41, 5.74) is 0.799. The van der Waals surface area contributed by atoms with E-state index in [-0.39, 0.29) is 18.3 Å². The van der Waals surface area contributed by atoms with Crippen LogP contribution in [0.1, 0.15) is 17.3 Å². The van der Waals surface area contributed by atoms with Gasteiger partial charge >= 0.3 is 0 Å². The molecule has 6 nitrogen and oxygen atoms in total. The lowest BCUT2D eigenvalue weighted by Gasteiger charge is -2.38. The average Bonchev–Trinajstić information content (AvgIpc) is 2.73. The summed E-state index contributed by atoms with van der Waals surface area (Å²) < 4.78 is 25.8. The molecule has 0 aromatic heterocycles. The number of para-hydroxylation sites is 2. The lowest BCUT2D eigenvalue weighted by molar-refractivity contribution is -0.141. The number of anilines is 1. The van der Waals surface area contributed by atoms with Crippen molar-refractivity contribution in [3.8, 4) is 11.5 Å². The third-order valence-corrected chi connectivity index (χ3v) is 5.07. The summed E-state index contributed by atoms with van der Waals surface area (Å²) in [5, 5.41) is 0. The highest BCUT2D eigenvalue weighted by atomic mass is 19.1. The zero-order chi connectivity index (χ0) is 19.7. The second kappa shape index (κ2) is 7.50.